The molecule has 2 aromatic carbocycles. The topological polar surface area (TPSA) is 58.2 Å². The van der Waals surface area contributed by atoms with E-state index in [-0.39, 0.29) is 22.6 Å². The van der Waals surface area contributed by atoms with Crippen LogP contribution in [0.3, 0.4) is 0 Å². The van der Waals surface area contributed by atoms with E-state index in [1.54, 1.807) is 0 Å². The van der Waals surface area contributed by atoms with Crippen molar-refractivity contribution >= 4 is 23.2 Å². The summed E-state index contributed by atoms with van der Waals surface area (Å²) in [5.41, 5.74) is 7.34. The normalized spacial score (nSPS) is 31.1. The predicted octanol–water partition coefficient (Wildman–Crippen LogP) is 8.61. The van der Waals surface area contributed by atoms with Gasteiger partial charge in [-0.15, -0.1) is 0 Å². The first-order valence-electron chi connectivity index (χ1n) is 15.0. The van der Waals surface area contributed by atoms with Crippen molar-refractivity contribution in [2.75, 3.05) is 10.6 Å². The molecule has 0 aromatic heterocycles. The number of amides is 2. The van der Waals surface area contributed by atoms with E-state index in [9.17, 15) is 9.59 Å². The minimum absolute atomic E-state index is 0.0266. The van der Waals surface area contributed by atoms with Crippen molar-refractivity contribution in [3.63, 3.8) is 0 Å². The summed E-state index contributed by atoms with van der Waals surface area (Å²) in [6.07, 6.45) is 5.83. The Morgan fingerprint density at radius 3 is 1.38 bits per heavy atom. The molecule has 0 saturated heterocycles. The second-order valence-electron chi connectivity index (χ2n) is 14.4. The Labute approximate surface area is 239 Å². The molecule has 0 heterocycles. The highest BCUT2D eigenvalue weighted by molar-refractivity contribution is 6.00. The van der Waals surface area contributed by atoms with Crippen molar-refractivity contribution in [1.29, 1.82) is 0 Å². The zero-order chi connectivity index (χ0) is 28.8. The first-order valence-corrected chi connectivity index (χ1v) is 15.0. The van der Waals surface area contributed by atoms with Gasteiger partial charge in [0.05, 0.1) is 10.8 Å². The Morgan fingerprint density at radius 2 is 1.07 bits per heavy atom. The minimum Gasteiger partial charge on any atom is -0.325 e. The molecule has 4 aliphatic carbocycles. The number of rotatable bonds is 5. The summed E-state index contributed by atoms with van der Waals surface area (Å²) < 4.78 is 0. The number of carbonyl (C=O) groups excluding carboxylic acids is 2. The predicted molar refractivity (Wildman–Crippen MR) is 164 cm³/mol. The van der Waals surface area contributed by atoms with Crippen molar-refractivity contribution in [3.8, 4) is 11.1 Å². The first kappa shape index (κ1) is 27.1. The number of carbonyl (C=O) groups is 2. The number of benzene rings is 2. The van der Waals surface area contributed by atoms with Gasteiger partial charge in [0.2, 0.25) is 11.8 Å². The van der Waals surface area contributed by atoms with Crippen LogP contribution in [0.4, 0.5) is 11.4 Å². The highest BCUT2D eigenvalue weighted by atomic mass is 16.2. The molecule has 4 nitrogen and oxygen atoms in total. The van der Waals surface area contributed by atoms with Gasteiger partial charge in [-0.05, 0) is 122 Å². The third-order valence-electron chi connectivity index (χ3n) is 11.9. The lowest BCUT2D eigenvalue weighted by atomic mass is 9.68. The minimum atomic E-state index is -0.434. The maximum atomic E-state index is 13.6. The number of hydrogen-bond donors (Lipinski definition) is 2. The zero-order valence-electron chi connectivity index (χ0n) is 25.1. The van der Waals surface area contributed by atoms with Crippen LogP contribution in [0.1, 0.15) is 77.3 Å². The van der Waals surface area contributed by atoms with E-state index in [0.717, 1.165) is 83.3 Å². The lowest BCUT2D eigenvalue weighted by Crippen LogP contribution is -2.37. The largest absolute Gasteiger partial charge is 0.325 e. The fourth-order valence-electron chi connectivity index (χ4n) is 8.73. The number of aryl methyl sites for hydroxylation is 2. The van der Waals surface area contributed by atoms with Crippen LogP contribution in [0.15, 0.2) is 60.7 Å². The average molecular weight is 537 g/mol. The Hall–Kier alpha value is -3.14. The van der Waals surface area contributed by atoms with Gasteiger partial charge in [-0.2, -0.15) is 0 Å². The van der Waals surface area contributed by atoms with Crippen molar-refractivity contribution in [3.05, 3.63) is 71.8 Å². The Morgan fingerprint density at radius 1 is 0.700 bits per heavy atom. The monoisotopic (exact) mass is 536 g/mol. The van der Waals surface area contributed by atoms with Crippen LogP contribution in [0, 0.1) is 47.3 Å². The molecule has 4 bridgehead atoms. The maximum Gasteiger partial charge on any atom is 0.234 e. The third kappa shape index (κ3) is 3.63. The standard InChI is InChI=1S/C36H44N2O2/c1-21-17-25(9-11-29(21)37-31(39)35-15-13-27(19-35)33(5,6)23(35)3)26-10-12-30(22(2)18-26)38-32(40)36-16-14-28(20-36)34(7,8)24(36)4/h9-12,17-18,27-28H,3-4,13-16,19-20H2,1-2,5-8H3,(H,37,39)(H,38,40)/t27-,28-,35-,36+/m0/s1. The van der Waals surface area contributed by atoms with E-state index in [4.69, 9.17) is 0 Å². The number of hydrogen-bond acceptors (Lipinski definition) is 2. The van der Waals surface area contributed by atoms with Crippen molar-refractivity contribution in [2.45, 2.75) is 80.1 Å². The molecular formula is C36H44N2O2. The molecule has 4 saturated carbocycles. The van der Waals surface area contributed by atoms with Gasteiger partial charge < -0.3 is 10.6 Å². The van der Waals surface area contributed by atoms with E-state index in [2.05, 4.69) is 75.8 Å². The second kappa shape index (κ2) is 8.68. The number of fused-ring (bicyclic) bond motifs is 4. The molecule has 0 aliphatic heterocycles. The van der Waals surface area contributed by atoms with Gasteiger partial charge in [0.15, 0.2) is 0 Å². The van der Waals surface area contributed by atoms with E-state index in [0.29, 0.717) is 11.8 Å². The van der Waals surface area contributed by atoms with Crippen LogP contribution in [-0.4, -0.2) is 11.8 Å². The van der Waals surface area contributed by atoms with E-state index in [1.165, 1.54) is 0 Å². The van der Waals surface area contributed by atoms with Crippen molar-refractivity contribution in [1.82, 2.24) is 0 Å². The molecule has 2 aromatic rings. The Balaban J connectivity index is 1.17. The molecule has 0 radical (unpaired) electrons. The third-order valence-corrected chi connectivity index (χ3v) is 11.9. The van der Waals surface area contributed by atoms with Gasteiger partial charge in [-0.3, -0.25) is 9.59 Å². The van der Waals surface area contributed by atoms with Crippen LogP contribution in [0.25, 0.3) is 11.1 Å². The SMILES string of the molecule is C=C1C(C)(C)[C@H]2CC[C@]1(C(=O)Nc1ccc(-c3ccc(NC(=O)[C@]45CC[C@@H](C4)C(C)(C)C5=C)c(C)c3)cc1C)C2. The molecule has 4 atom stereocenters. The van der Waals surface area contributed by atoms with E-state index >= 15 is 0 Å². The average Bonchev–Trinajstić information content (AvgIpc) is 3.64. The van der Waals surface area contributed by atoms with Crippen LogP contribution in [0.2, 0.25) is 0 Å². The summed E-state index contributed by atoms with van der Waals surface area (Å²) in [6.45, 7) is 21.8. The van der Waals surface area contributed by atoms with Gasteiger partial charge in [0, 0.05) is 11.4 Å². The molecule has 210 valence electrons. The molecule has 4 aliphatic rings. The van der Waals surface area contributed by atoms with Gasteiger partial charge in [0.1, 0.15) is 0 Å². The van der Waals surface area contributed by atoms with Crippen molar-refractivity contribution < 1.29 is 9.59 Å². The quantitative estimate of drug-likeness (QED) is 0.376. The lowest BCUT2D eigenvalue weighted by molar-refractivity contribution is -0.124. The van der Waals surface area contributed by atoms with Gasteiger partial charge in [0.25, 0.3) is 0 Å². The van der Waals surface area contributed by atoms with Gasteiger partial charge >= 0.3 is 0 Å². The van der Waals surface area contributed by atoms with E-state index in [1.807, 2.05) is 26.0 Å². The maximum absolute atomic E-state index is 13.6. The second-order valence-corrected chi connectivity index (χ2v) is 14.4. The van der Waals surface area contributed by atoms with Gasteiger partial charge in [-0.25, -0.2) is 0 Å². The summed E-state index contributed by atoms with van der Waals surface area (Å²) in [4.78, 5) is 27.1. The molecule has 4 fully saturated rings. The first-order chi connectivity index (χ1) is 18.7. The summed E-state index contributed by atoms with van der Waals surface area (Å²) >= 11 is 0. The fourth-order valence-corrected chi connectivity index (χ4v) is 8.73. The Bertz CT molecular complexity index is 1370. The lowest BCUT2D eigenvalue weighted by Gasteiger charge is -2.37. The summed E-state index contributed by atoms with van der Waals surface area (Å²) in [6, 6.07) is 12.4. The van der Waals surface area contributed by atoms with Crippen molar-refractivity contribution in [2.24, 2.45) is 33.5 Å². The number of anilines is 2. The van der Waals surface area contributed by atoms with Crippen LogP contribution in [0.5, 0.6) is 0 Å². The molecular weight excluding hydrogens is 492 g/mol. The molecule has 0 unspecified atom stereocenters. The van der Waals surface area contributed by atoms with Crippen LogP contribution < -0.4 is 10.6 Å². The highest BCUT2D eigenvalue weighted by Gasteiger charge is 2.62. The van der Waals surface area contributed by atoms with E-state index < -0.39 is 10.8 Å². The molecule has 6 rings (SSSR count). The molecule has 40 heavy (non-hydrogen) atoms. The highest BCUT2D eigenvalue weighted by Crippen LogP contribution is 2.66. The summed E-state index contributed by atoms with van der Waals surface area (Å²) in [5, 5.41) is 6.51. The molecule has 0 spiro atoms. The van der Waals surface area contributed by atoms with Crippen LogP contribution in [-0.2, 0) is 9.59 Å². The molecule has 4 heteroatoms. The number of nitrogens with one attached hydrogen (secondary N) is 2. The smallest absolute Gasteiger partial charge is 0.234 e. The van der Waals surface area contributed by atoms with Gasteiger partial charge in [-0.1, -0.05) is 64.1 Å². The summed E-state index contributed by atoms with van der Waals surface area (Å²) in [5.74, 6) is 1.28. The zero-order valence-corrected chi connectivity index (χ0v) is 25.1. The molecule has 2 amide bonds. The fraction of sp³-hybridized carbons (Fsp3) is 0.500. The molecule has 2 N–H and O–H groups in total. The summed E-state index contributed by atoms with van der Waals surface area (Å²) in [7, 11) is 0. The van der Waals surface area contributed by atoms with Crippen LogP contribution >= 0.6 is 0 Å². The Kier molecular flexibility index (Phi) is 5.87.